The van der Waals surface area contributed by atoms with Gasteiger partial charge < -0.3 is 20.4 Å². The molecule has 6 rings (SSSR count). The third-order valence-corrected chi connectivity index (χ3v) is 10.5. The zero-order valence-electron chi connectivity index (χ0n) is 31.1. The molecule has 2 fully saturated rings. The predicted molar refractivity (Wildman–Crippen MR) is 195 cm³/mol. The normalized spacial score (nSPS) is 15.0. The van der Waals surface area contributed by atoms with Gasteiger partial charge in [0.2, 0.25) is 0 Å². The molecule has 0 aromatic heterocycles. The summed E-state index contributed by atoms with van der Waals surface area (Å²) in [7, 11) is 0. The van der Waals surface area contributed by atoms with E-state index in [4.69, 9.17) is 0 Å². The van der Waals surface area contributed by atoms with E-state index in [-0.39, 0.29) is 57.1 Å². The molecule has 0 unspecified atom stereocenters. The summed E-state index contributed by atoms with van der Waals surface area (Å²) < 4.78 is 0. The van der Waals surface area contributed by atoms with Crippen LogP contribution in [0.3, 0.4) is 0 Å². The monoisotopic (exact) mass is 800 g/mol. The van der Waals surface area contributed by atoms with Crippen LogP contribution < -0.4 is 20.4 Å². The van der Waals surface area contributed by atoms with Gasteiger partial charge in [0, 0.05) is 38.3 Å². The zero-order valence-corrected chi connectivity index (χ0v) is 33.0. The van der Waals surface area contributed by atoms with Crippen molar-refractivity contribution >= 4 is 0 Å². The molecule has 0 amide bonds. The number of hydrogen-bond donors (Lipinski definition) is 0. The van der Waals surface area contributed by atoms with Crippen molar-refractivity contribution in [2.75, 3.05) is 0 Å². The van der Waals surface area contributed by atoms with Crippen LogP contribution in [0.5, 0.6) is 23.0 Å². The molecule has 8 heteroatoms. The molecular formula is C44H54Cu2N2O4. The Bertz CT molecular complexity index is 1470. The summed E-state index contributed by atoms with van der Waals surface area (Å²) in [6, 6.07) is 23.0. The molecule has 286 valence electrons. The molecule has 0 N–H and O–H groups in total. The minimum absolute atomic E-state index is 0. The molecular weight excluding hydrogens is 748 g/mol. The van der Waals surface area contributed by atoms with E-state index in [9.17, 15) is 20.4 Å². The summed E-state index contributed by atoms with van der Waals surface area (Å²) in [5.41, 5.74) is 7.79. The van der Waals surface area contributed by atoms with Crippen molar-refractivity contribution in [1.82, 2.24) is 9.80 Å². The number of rotatable bonds is 10. The molecule has 0 atom stereocenters. The van der Waals surface area contributed by atoms with Gasteiger partial charge in [-0.1, -0.05) is 134 Å². The number of benzene rings is 4. The van der Waals surface area contributed by atoms with Gasteiger partial charge in [0.25, 0.3) is 0 Å². The van der Waals surface area contributed by atoms with E-state index in [2.05, 4.69) is 9.80 Å². The van der Waals surface area contributed by atoms with Crippen molar-refractivity contribution < 1.29 is 54.6 Å². The predicted octanol–water partition coefficient (Wildman–Crippen LogP) is 7.57. The van der Waals surface area contributed by atoms with Crippen LogP contribution in [0, 0.1) is 27.7 Å². The van der Waals surface area contributed by atoms with Crippen LogP contribution in [0.4, 0.5) is 0 Å². The Morgan fingerprint density at radius 3 is 0.865 bits per heavy atom. The van der Waals surface area contributed by atoms with Crippen LogP contribution in [-0.2, 0) is 60.3 Å². The van der Waals surface area contributed by atoms with E-state index in [0.29, 0.717) is 38.3 Å². The summed E-state index contributed by atoms with van der Waals surface area (Å²) in [6.07, 6.45) is 12.1. The summed E-state index contributed by atoms with van der Waals surface area (Å²) in [6.45, 7) is 10.6. The third-order valence-electron chi connectivity index (χ3n) is 10.5. The first kappa shape index (κ1) is 43.4. The molecule has 0 heterocycles. The minimum Gasteiger partial charge on any atom is -0.872 e. The molecule has 2 aliphatic rings. The maximum Gasteiger partial charge on any atom is 2.00 e. The SMILES string of the molecule is Cc1ccc([O-])c(CN(Cc2cc(C)ccc2[O-])C2CCCCC2)c1.Cc1ccc([O-])c(CN(Cc2cc(C)ccc2[O-])C2CCCCC2)c1.[Cu+2].[Cu+2]. The first-order chi connectivity index (χ1) is 24.0. The molecule has 2 radical (unpaired) electrons. The molecule has 0 bridgehead atoms. The van der Waals surface area contributed by atoms with Crippen molar-refractivity contribution in [3.8, 4) is 23.0 Å². The fourth-order valence-electron chi connectivity index (χ4n) is 7.72. The quantitative estimate of drug-likeness (QED) is 0.154. The number of nitrogens with zero attached hydrogens (tertiary/aromatic N) is 2. The Balaban J connectivity index is 0.000000270. The van der Waals surface area contributed by atoms with Crippen molar-refractivity contribution in [3.05, 3.63) is 117 Å². The second kappa shape index (κ2) is 21.1. The summed E-state index contributed by atoms with van der Waals surface area (Å²) >= 11 is 0. The summed E-state index contributed by atoms with van der Waals surface area (Å²) in [5, 5.41) is 49.1. The Hall–Kier alpha value is -2.96. The van der Waals surface area contributed by atoms with Crippen LogP contribution in [0.1, 0.15) is 109 Å². The van der Waals surface area contributed by atoms with Crippen molar-refractivity contribution in [2.45, 2.75) is 130 Å². The smallest absolute Gasteiger partial charge is 0.872 e. The fourth-order valence-corrected chi connectivity index (χ4v) is 7.72. The van der Waals surface area contributed by atoms with Gasteiger partial charge in [-0.15, -0.1) is 23.0 Å². The fraction of sp³-hybridized carbons (Fsp3) is 0.455. The zero-order chi connectivity index (χ0) is 35.6. The second-order valence-electron chi connectivity index (χ2n) is 14.8. The first-order valence-corrected chi connectivity index (χ1v) is 18.6. The van der Waals surface area contributed by atoms with Crippen LogP contribution in [-0.4, -0.2) is 21.9 Å². The largest absolute Gasteiger partial charge is 2.00 e. The Morgan fingerprint density at radius 1 is 0.404 bits per heavy atom. The summed E-state index contributed by atoms with van der Waals surface area (Å²) in [5.74, 6) is 0.381. The molecule has 0 saturated heterocycles. The summed E-state index contributed by atoms with van der Waals surface area (Å²) in [4.78, 5) is 4.71. The second-order valence-corrected chi connectivity index (χ2v) is 14.8. The Kier molecular flexibility index (Phi) is 17.6. The Morgan fingerprint density at radius 2 is 0.635 bits per heavy atom. The molecule has 4 aromatic carbocycles. The average Bonchev–Trinajstić information content (AvgIpc) is 3.11. The van der Waals surface area contributed by atoms with Gasteiger partial charge in [-0.2, -0.15) is 0 Å². The van der Waals surface area contributed by atoms with E-state index in [0.717, 1.165) is 70.2 Å². The van der Waals surface area contributed by atoms with Gasteiger partial charge >= 0.3 is 34.1 Å². The molecule has 6 nitrogen and oxygen atoms in total. The molecule has 4 aromatic rings. The maximum atomic E-state index is 12.3. The van der Waals surface area contributed by atoms with Gasteiger partial charge in [-0.05, 0) is 75.6 Å². The van der Waals surface area contributed by atoms with E-state index in [1.54, 1.807) is 24.3 Å². The first-order valence-electron chi connectivity index (χ1n) is 18.6. The van der Waals surface area contributed by atoms with Gasteiger partial charge in [0.15, 0.2) is 0 Å². The third kappa shape index (κ3) is 12.6. The van der Waals surface area contributed by atoms with Gasteiger partial charge in [-0.25, -0.2) is 0 Å². The Labute approximate surface area is 333 Å². The van der Waals surface area contributed by atoms with Crippen molar-refractivity contribution in [3.63, 3.8) is 0 Å². The molecule has 0 aliphatic heterocycles. The van der Waals surface area contributed by atoms with E-state index in [1.807, 2.05) is 76.2 Å². The van der Waals surface area contributed by atoms with Gasteiger partial charge in [-0.3, -0.25) is 9.80 Å². The van der Waals surface area contributed by atoms with Crippen LogP contribution in [0.2, 0.25) is 0 Å². The number of aryl methyl sites for hydroxylation is 4. The van der Waals surface area contributed by atoms with Crippen molar-refractivity contribution in [1.29, 1.82) is 0 Å². The number of hydrogen-bond acceptors (Lipinski definition) is 6. The molecule has 0 spiro atoms. The van der Waals surface area contributed by atoms with E-state index >= 15 is 0 Å². The standard InChI is InChI=1S/2C22H29NO2.2Cu/c2*1-16-8-10-21(24)18(12-16)14-23(20-6-4-3-5-7-20)15-19-13-17(2)9-11-22(19)25;;/h2*8-13,20,24-25H,3-7,14-15H2,1-2H3;;/q;;2*+2/p-4. The van der Waals surface area contributed by atoms with Gasteiger partial charge in [0.1, 0.15) is 0 Å². The average molecular weight is 802 g/mol. The topological polar surface area (TPSA) is 98.7 Å². The molecule has 2 saturated carbocycles. The van der Waals surface area contributed by atoms with Gasteiger partial charge in [0.05, 0.1) is 0 Å². The minimum atomic E-state index is 0. The van der Waals surface area contributed by atoms with Crippen LogP contribution in [0.15, 0.2) is 72.8 Å². The van der Waals surface area contributed by atoms with Crippen LogP contribution in [0.25, 0.3) is 0 Å². The van der Waals surface area contributed by atoms with E-state index < -0.39 is 0 Å². The molecule has 2 aliphatic carbocycles. The maximum absolute atomic E-state index is 12.3. The van der Waals surface area contributed by atoms with Crippen LogP contribution >= 0.6 is 0 Å². The van der Waals surface area contributed by atoms with Crippen molar-refractivity contribution in [2.24, 2.45) is 0 Å². The van der Waals surface area contributed by atoms with E-state index in [1.165, 1.54) is 38.5 Å². The molecule has 52 heavy (non-hydrogen) atoms.